The number of nitrogens with one attached hydrogen (secondary N) is 1. The van der Waals surface area contributed by atoms with Gasteiger partial charge in [0.1, 0.15) is 5.75 Å². The Hall–Kier alpha value is -1.02. The van der Waals surface area contributed by atoms with Crippen molar-refractivity contribution in [1.29, 1.82) is 0 Å². The van der Waals surface area contributed by atoms with Crippen LogP contribution in [0.5, 0.6) is 5.75 Å². The van der Waals surface area contributed by atoms with Crippen molar-refractivity contribution in [2.45, 2.75) is 44.6 Å². The predicted octanol–water partition coefficient (Wildman–Crippen LogP) is 3.46. The molecule has 1 aliphatic rings. The lowest BCUT2D eigenvalue weighted by molar-refractivity contribution is 0.406. The van der Waals surface area contributed by atoms with Crippen LogP contribution in [0, 0.1) is 0 Å². The summed E-state index contributed by atoms with van der Waals surface area (Å²) in [5.41, 5.74) is 2.77. The maximum atomic E-state index is 5.40. The van der Waals surface area contributed by atoms with E-state index in [2.05, 4.69) is 23.5 Å². The second kappa shape index (κ2) is 6.06. The fourth-order valence-electron chi connectivity index (χ4n) is 2.82. The average Bonchev–Trinajstić information content (AvgIpc) is 2.40. The van der Waals surface area contributed by atoms with Crippen molar-refractivity contribution in [3.63, 3.8) is 0 Å². The minimum absolute atomic E-state index is 0.769. The summed E-state index contributed by atoms with van der Waals surface area (Å²) in [6.45, 7) is 0.879. The number of hydrogen-bond acceptors (Lipinski definition) is 2. The van der Waals surface area contributed by atoms with E-state index in [1.807, 2.05) is 7.05 Å². The first kappa shape index (κ1) is 12.4. The summed E-state index contributed by atoms with van der Waals surface area (Å²) in [6.07, 6.45) is 6.89. The molecule has 1 N–H and O–H groups in total. The SMILES string of the molecule is CNCc1cc(C2CCCCC2)ccc1OC. The Kier molecular flexibility index (Phi) is 4.43. The van der Waals surface area contributed by atoms with Crippen LogP contribution in [0.1, 0.15) is 49.1 Å². The van der Waals surface area contributed by atoms with Crippen LogP contribution in [-0.4, -0.2) is 14.2 Å². The molecule has 1 saturated carbocycles. The Morgan fingerprint density at radius 3 is 2.65 bits per heavy atom. The third-order valence-corrected chi connectivity index (χ3v) is 3.75. The fourth-order valence-corrected chi connectivity index (χ4v) is 2.82. The van der Waals surface area contributed by atoms with Gasteiger partial charge in [0.05, 0.1) is 7.11 Å². The highest BCUT2D eigenvalue weighted by atomic mass is 16.5. The Labute approximate surface area is 104 Å². The number of ether oxygens (including phenoxy) is 1. The molecule has 0 atom stereocenters. The maximum Gasteiger partial charge on any atom is 0.123 e. The first-order chi connectivity index (χ1) is 8.35. The molecule has 0 bridgehead atoms. The minimum atomic E-state index is 0.769. The van der Waals surface area contributed by atoms with E-state index in [9.17, 15) is 0 Å². The smallest absolute Gasteiger partial charge is 0.123 e. The summed E-state index contributed by atoms with van der Waals surface area (Å²) in [6, 6.07) is 6.69. The van der Waals surface area contributed by atoms with Crippen molar-refractivity contribution in [2.75, 3.05) is 14.2 Å². The molecule has 0 aromatic heterocycles. The lowest BCUT2D eigenvalue weighted by Gasteiger charge is -2.23. The van der Waals surface area contributed by atoms with Crippen molar-refractivity contribution >= 4 is 0 Å². The first-order valence-corrected chi connectivity index (χ1v) is 6.66. The molecule has 0 radical (unpaired) electrons. The van der Waals surface area contributed by atoms with Gasteiger partial charge in [-0.1, -0.05) is 31.4 Å². The summed E-state index contributed by atoms with van der Waals surface area (Å²) < 4.78 is 5.40. The molecule has 0 unspecified atom stereocenters. The summed E-state index contributed by atoms with van der Waals surface area (Å²) in [5, 5.41) is 3.21. The topological polar surface area (TPSA) is 21.3 Å². The van der Waals surface area contributed by atoms with Gasteiger partial charge in [-0.2, -0.15) is 0 Å². The molecule has 0 amide bonds. The predicted molar refractivity (Wildman–Crippen MR) is 71.6 cm³/mol. The molecule has 17 heavy (non-hydrogen) atoms. The fraction of sp³-hybridized carbons (Fsp3) is 0.600. The molecular formula is C15H23NO. The van der Waals surface area contributed by atoms with Crippen LogP contribution in [0.15, 0.2) is 18.2 Å². The lowest BCUT2D eigenvalue weighted by atomic mass is 9.83. The molecule has 0 spiro atoms. The normalized spacial score (nSPS) is 17.1. The number of benzene rings is 1. The van der Waals surface area contributed by atoms with E-state index < -0.39 is 0 Å². The van der Waals surface area contributed by atoms with Crippen LogP contribution >= 0.6 is 0 Å². The molecule has 2 rings (SSSR count). The number of methoxy groups -OCH3 is 1. The van der Waals surface area contributed by atoms with E-state index >= 15 is 0 Å². The zero-order valence-corrected chi connectivity index (χ0v) is 11.0. The highest BCUT2D eigenvalue weighted by molar-refractivity contribution is 5.38. The zero-order valence-electron chi connectivity index (χ0n) is 11.0. The highest BCUT2D eigenvalue weighted by Gasteiger charge is 2.16. The van der Waals surface area contributed by atoms with Crippen LogP contribution in [0.2, 0.25) is 0 Å². The Bertz CT molecular complexity index is 356. The third-order valence-electron chi connectivity index (χ3n) is 3.75. The molecule has 1 fully saturated rings. The van der Waals surface area contributed by atoms with E-state index in [0.717, 1.165) is 18.2 Å². The van der Waals surface area contributed by atoms with Gasteiger partial charge >= 0.3 is 0 Å². The quantitative estimate of drug-likeness (QED) is 0.860. The van der Waals surface area contributed by atoms with Crippen LogP contribution in [0.3, 0.4) is 0 Å². The van der Waals surface area contributed by atoms with Crippen molar-refractivity contribution in [3.8, 4) is 5.75 Å². The van der Waals surface area contributed by atoms with E-state index in [1.54, 1.807) is 7.11 Å². The largest absolute Gasteiger partial charge is 0.496 e. The molecule has 0 heterocycles. The van der Waals surface area contributed by atoms with E-state index in [4.69, 9.17) is 4.74 Å². The molecule has 0 aliphatic heterocycles. The van der Waals surface area contributed by atoms with Crippen molar-refractivity contribution < 1.29 is 4.74 Å². The van der Waals surface area contributed by atoms with Crippen LogP contribution in [0.4, 0.5) is 0 Å². The Morgan fingerprint density at radius 2 is 2.00 bits per heavy atom. The Balaban J connectivity index is 2.19. The van der Waals surface area contributed by atoms with Gasteiger partial charge in [-0.3, -0.25) is 0 Å². The van der Waals surface area contributed by atoms with Crippen molar-refractivity contribution in [2.24, 2.45) is 0 Å². The summed E-state index contributed by atoms with van der Waals surface area (Å²) in [7, 11) is 3.72. The van der Waals surface area contributed by atoms with Gasteiger partial charge in [0.2, 0.25) is 0 Å². The number of hydrogen-bond donors (Lipinski definition) is 1. The summed E-state index contributed by atoms with van der Waals surface area (Å²) >= 11 is 0. The standard InChI is InChI=1S/C15H23NO/c1-16-11-14-10-13(8-9-15(14)17-2)12-6-4-3-5-7-12/h8-10,12,16H,3-7,11H2,1-2H3. The lowest BCUT2D eigenvalue weighted by Crippen LogP contribution is -2.09. The van der Waals surface area contributed by atoms with Gasteiger partial charge in [-0.25, -0.2) is 0 Å². The van der Waals surface area contributed by atoms with Gasteiger partial charge < -0.3 is 10.1 Å². The van der Waals surface area contributed by atoms with E-state index in [0.29, 0.717) is 0 Å². The van der Waals surface area contributed by atoms with Gasteiger partial charge in [0.15, 0.2) is 0 Å². The third kappa shape index (κ3) is 3.01. The highest BCUT2D eigenvalue weighted by Crippen LogP contribution is 2.34. The first-order valence-electron chi connectivity index (χ1n) is 6.66. The van der Waals surface area contributed by atoms with Gasteiger partial charge in [0, 0.05) is 12.1 Å². The minimum Gasteiger partial charge on any atom is -0.496 e. The van der Waals surface area contributed by atoms with Crippen molar-refractivity contribution in [3.05, 3.63) is 29.3 Å². The molecular weight excluding hydrogens is 210 g/mol. The second-order valence-electron chi connectivity index (χ2n) is 4.94. The molecule has 1 aliphatic carbocycles. The molecule has 1 aromatic carbocycles. The molecule has 0 saturated heterocycles. The van der Waals surface area contributed by atoms with E-state index in [-0.39, 0.29) is 0 Å². The Morgan fingerprint density at radius 1 is 1.24 bits per heavy atom. The van der Waals surface area contributed by atoms with Gasteiger partial charge in [-0.15, -0.1) is 0 Å². The monoisotopic (exact) mass is 233 g/mol. The summed E-state index contributed by atoms with van der Waals surface area (Å²) in [5.74, 6) is 1.77. The van der Waals surface area contributed by atoms with Gasteiger partial charge in [0.25, 0.3) is 0 Å². The van der Waals surface area contributed by atoms with Gasteiger partial charge in [-0.05, 0) is 37.4 Å². The van der Waals surface area contributed by atoms with Crippen molar-refractivity contribution in [1.82, 2.24) is 5.32 Å². The number of rotatable bonds is 4. The zero-order chi connectivity index (χ0) is 12.1. The molecule has 2 nitrogen and oxygen atoms in total. The molecule has 1 aromatic rings. The van der Waals surface area contributed by atoms with Crippen LogP contribution in [0.25, 0.3) is 0 Å². The molecule has 94 valence electrons. The molecule has 2 heteroatoms. The average molecular weight is 233 g/mol. The second-order valence-corrected chi connectivity index (χ2v) is 4.94. The van der Waals surface area contributed by atoms with Crippen LogP contribution in [-0.2, 0) is 6.54 Å². The maximum absolute atomic E-state index is 5.40. The van der Waals surface area contributed by atoms with E-state index in [1.165, 1.54) is 43.2 Å². The van der Waals surface area contributed by atoms with Crippen LogP contribution < -0.4 is 10.1 Å². The summed E-state index contributed by atoms with van der Waals surface area (Å²) in [4.78, 5) is 0.